The molecular formula is C15H21ClN2O4S. The van der Waals surface area contributed by atoms with Gasteiger partial charge in [0.2, 0.25) is 10.0 Å². The number of amides is 1. The van der Waals surface area contributed by atoms with Gasteiger partial charge >= 0.3 is 0 Å². The van der Waals surface area contributed by atoms with Crippen LogP contribution in [-0.4, -0.2) is 27.0 Å². The number of carbonyl (C=O) groups excluding carboxylic acids is 1. The van der Waals surface area contributed by atoms with Crippen LogP contribution in [0.25, 0.3) is 0 Å². The lowest BCUT2D eigenvalue weighted by Gasteiger charge is -2.20. The molecule has 1 unspecified atom stereocenters. The summed E-state index contributed by atoms with van der Waals surface area (Å²) in [5.41, 5.74) is 0.376. The maximum absolute atomic E-state index is 12.5. The van der Waals surface area contributed by atoms with Gasteiger partial charge in [-0.2, -0.15) is 0 Å². The topological polar surface area (TPSA) is 84.5 Å². The molecule has 1 aromatic rings. The van der Waals surface area contributed by atoms with Gasteiger partial charge in [0.05, 0.1) is 10.7 Å². The highest BCUT2D eigenvalue weighted by molar-refractivity contribution is 7.89. The van der Waals surface area contributed by atoms with Gasteiger partial charge in [0, 0.05) is 12.1 Å². The Morgan fingerprint density at radius 2 is 2.13 bits per heavy atom. The highest BCUT2D eigenvalue weighted by Gasteiger charge is 2.25. The average molecular weight is 361 g/mol. The van der Waals surface area contributed by atoms with Crippen LogP contribution < -0.4 is 14.8 Å². The highest BCUT2D eigenvalue weighted by Crippen LogP contribution is 2.35. The zero-order valence-electron chi connectivity index (χ0n) is 13.2. The number of anilines is 1. The minimum Gasteiger partial charge on any atom is -0.482 e. The summed E-state index contributed by atoms with van der Waals surface area (Å²) < 4.78 is 32.9. The first-order valence-electron chi connectivity index (χ1n) is 7.62. The Kier molecular flexibility index (Phi) is 5.89. The normalized spacial score (nSPS) is 15.5. The fourth-order valence-electron chi connectivity index (χ4n) is 2.38. The third-order valence-electron chi connectivity index (χ3n) is 3.55. The van der Waals surface area contributed by atoms with Gasteiger partial charge in [0.25, 0.3) is 5.91 Å². The van der Waals surface area contributed by atoms with Crippen LogP contribution in [0.2, 0.25) is 5.02 Å². The first kappa shape index (κ1) is 18.0. The quantitative estimate of drug-likeness (QED) is 0.732. The molecule has 1 heterocycles. The molecule has 128 valence electrons. The fraction of sp³-hybridized carbons (Fsp3) is 0.533. The Morgan fingerprint density at radius 1 is 1.39 bits per heavy atom. The van der Waals surface area contributed by atoms with Crippen LogP contribution >= 0.6 is 11.6 Å². The van der Waals surface area contributed by atoms with E-state index in [9.17, 15) is 13.2 Å². The van der Waals surface area contributed by atoms with Gasteiger partial charge in [-0.25, -0.2) is 13.1 Å². The summed E-state index contributed by atoms with van der Waals surface area (Å²) in [4.78, 5) is 11.2. The standard InChI is InChI=1S/C15H21ClN2O4S/c1-3-4-5-6-10(2)18-23(20,21)14-8-13-12(7-11(14)16)17-15(19)9-22-13/h7-8,10,18H,3-6,9H2,1-2H3,(H,17,19). The number of unbranched alkanes of at least 4 members (excludes halogenated alkanes) is 2. The second-order valence-electron chi connectivity index (χ2n) is 5.63. The molecule has 1 aromatic carbocycles. The van der Waals surface area contributed by atoms with E-state index in [1.165, 1.54) is 12.1 Å². The van der Waals surface area contributed by atoms with E-state index in [2.05, 4.69) is 17.0 Å². The van der Waals surface area contributed by atoms with Crippen molar-refractivity contribution in [2.45, 2.75) is 50.5 Å². The van der Waals surface area contributed by atoms with Gasteiger partial charge in [-0.1, -0.05) is 37.8 Å². The maximum Gasteiger partial charge on any atom is 0.262 e. The lowest BCUT2D eigenvalue weighted by Crippen LogP contribution is -2.33. The third-order valence-corrected chi connectivity index (χ3v) is 5.61. The molecule has 2 rings (SSSR count). The number of ether oxygens (including phenoxy) is 1. The molecule has 0 fully saturated rings. The van der Waals surface area contributed by atoms with E-state index in [1.807, 2.05) is 6.92 Å². The van der Waals surface area contributed by atoms with E-state index in [4.69, 9.17) is 16.3 Å². The molecule has 1 amide bonds. The predicted octanol–water partition coefficient (Wildman–Crippen LogP) is 2.92. The summed E-state index contributed by atoms with van der Waals surface area (Å²) in [7, 11) is -3.75. The molecule has 23 heavy (non-hydrogen) atoms. The molecule has 0 radical (unpaired) electrons. The summed E-state index contributed by atoms with van der Waals surface area (Å²) in [5, 5.41) is 2.64. The summed E-state index contributed by atoms with van der Waals surface area (Å²) in [6, 6.07) is 2.56. The van der Waals surface area contributed by atoms with Crippen molar-refractivity contribution in [1.29, 1.82) is 0 Å². The van der Waals surface area contributed by atoms with Crippen molar-refractivity contribution >= 4 is 33.2 Å². The summed E-state index contributed by atoms with van der Waals surface area (Å²) in [6.45, 7) is 3.78. The fourth-order valence-corrected chi connectivity index (χ4v) is 4.20. The third kappa shape index (κ3) is 4.59. The molecule has 1 atom stereocenters. The van der Waals surface area contributed by atoms with Gasteiger partial charge in [0.15, 0.2) is 6.61 Å². The van der Waals surface area contributed by atoms with Crippen molar-refractivity contribution in [3.8, 4) is 5.75 Å². The molecular weight excluding hydrogens is 340 g/mol. The monoisotopic (exact) mass is 360 g/mol. The minimum atomic E-state index is -3.75. The molecule has 8 heteroatoms. The maximum atomic E-state index is 12.5. The van der Waals surface area contributed by atoms with Gasteiger partial charge in [-0.15, -0.1) is 0 Å². The first-order chi connectivity index (χ1) is 10.8. The number of hydrogen-bond acceptors (Lipinski definition) is 4. The molecule has 2 N–H and O–H groups in total. The number of benzene rings is 1. The summed E-state index contributed by atoms with van der Waals surface area (Å²) in [6.07, 6.45) is 3.88. The molecule has 0 bridgehead atoms. The highest BCUT2D eigenvalue weighted by atomic mass is 35.5. The lowest BCUT2D eigenvalue weighted by molar-refractivity contribution is -0.118. The zero-order chi connectivity index (χ0) is 17.0. The van der Waals surface area contributed by atoms with Crippen molar-refractivity contribution in [1.82, 2.24) is 4.72 Å². The number of fused-ring (bicyclic) bond motifs is 1. The van der Waals surface area contributed by atoms with Crippen molar-refractivity contribution < 1.29 is 17.9 Å². The SMILES string of the molecule is CCCCCC(C)NS(=O)(=O)c1cc2c(cc1Cl)NC(=O)CO2. The van der Waals surface area contributed by atoms with E-state index >= 15 is 0 Å². The largest absolute Gasteiger partial charge is 0.482 e. The second kappa shape index (κ2) is 7.51. The molecule has 1 aliphatic rings. The minimum absolute atomic E-state index is 0.0443. The molecule has 1 aliphatic heterocycles. The Hall–Kier alpha value is -1.31. The number of rotatable bonds is 7. The van der Waals surface area contributed by atoms with E-state index in [0.717, 1.165) is 25.7 Å². The first-order valence-corrected chi connectivity index (χ1v) is 9.48. The van der Waals surface area contributed by atoms with Crippen molar-refractivity contribution in [2.24, 2.45) is 0 Å². The number of hydrogen-bond donors (Lipinski definition) is 2. The van der Waals surface area contributed by atoms with E-state index in [1.54, 1.807) is 0 Å². The van der Waals surface area contributed by atoms with Crippen LogP contribution in [0.15, 0.2) is 17.0 Å². The van der Waals surface area contributed by atoms with Crippen LogP contribution in [0.4, 0.5) is 5.69 Å². The number of carbonyl (C=O) groups is 1. The van der Waals surface area contributed by atoms with E-state index < -0.39 is 10.0 Å². The summed E-state index contributed by atoms with van der Waals surface area (Å²) >= 11 is 6.08. The van der Waals surface area contributed by atoms with Gasteiger partial charge in [-0.05, 0) is 19.4 Å². The Labute approximate surface area is 141 Å². The Morgan fingerprint density at radius 3 is 2.83 bits per heavy atom. The van der Waals surface area contributed by atoms with Crippen molar-refractivity contribution in [3.63, 3.8) is 0 Å². The molecule has 0 aliphatic carbocycles. The number of sulfonamides is 1. The zero-order valence-corrected chi connectivity index (χ0v) is 14.8. The van der Waals surface area contributed by atoms with Gasteiger partial charge in [0.1, 0.15) is 10.6 Å². The smallest absolute Gasteiger partial charge is 0.262 e. The van der Waals surface area contributed by atoms with Crippen LogP contribution in [0, 0.1) is 0 Å². The van der Waals surface area contributed by atoms with Crippen molar-refractivity contribution in [2.75, 3.05) is 11.9 Å². The molecule has 0 aromatic heterocycles. The number of nitrogens with one attached hydrogen (secondary N) is 2. The van der Waals surface area contributed by atoms with Crippen LogP contribution in [-0.2, 0) is 14.8 Å². The predicted molar refractivity (Wildman–Crippen MR) is 89.5 cm³/mol. The summed E-state index contributed by atoms with van der Waals surface area (Å²) in [5.74, 6) is -0.000133. The van der Waals surface area contributed by atoms with Crippen molar-refractivity contribution in [3.05, 3.63) is 17.2 Å². The average Bonchev–Trinajstić information content (AvgIpc) is 2.45. The van der Waals surface area contributed by atoms with E-state index in [-0.39, 0.29) is 28.5 Å². The van der Waals surface area contributed by atoms with Crippen LogP contribution in [0.1, 0.15) is 39.5 Å². The molecule has 0 spiro atoms. The Balaban J connectivity index is 2.18. The molecule has 0 saturated heterocycles. The van der Waals surface area contributed by atoms with Crippen LogP contribution in [0.3, 0.4) is 0 Å². The Bertz CT molecular complexity index is 691. The van der Waals surface area contributed by atoms with E-state index in [0.29, 0.717) is 11.4 Å². The van der Waals surface area contributed by atoms with Gasteiger partial charge < -0.3 is 10.1 Å². The lowest BCUT2D eigenvalue weighted by atomic mass is 10.1. The number of halogens is 1. The van der Waals surface area contributed by atoms with Crippen LogP contribution in [0.5, 0.6) is 5.75 Å². The second-order valence-corrected chi connectivity index (χ2v) is 7.72. The molecule has 6 nitrogen and oxygen atoms in total. The van der Waals surface area contributed by atoms with Gasteiger partial charge in [-0.3, -0.25) is 4.79 Å². The molecule has 0 saturated carbocycles.